The van der Waals surface area contributed by atoms with Crippen molar-refractivity contribution in [1.82, 2.24) is 10.6 Å². The maximum atomic E-state index is 13.3. The highest BCUT2D eigenvalue weighted by molar-refractivity contribution is 5.98. The van der Waals surface area contributed by atoms with E-state index >= 15 is 0 Å². The van der Waals surface area contributed by atoms with Crippen LogP contribution in [0.2, 0.25) is 0 Å². The zero-order valence-electron chi connectivity index (χ0n) is 60.7. The Bertz CT molecular complexity index is 4550. The largest absolute Gasteiger partial charge is 0.519 e. The van der Waals surface area contributed by atoms with E-state index in [0.29, 0.717) is 31.0 Å². The highest BCUT2D eigenvalue weighted by Crippen LogP contribution is 2.46. The summed E-state index contributed by atoms with van der Waals surface area (Å²) >= 11 is 0. The van der Waals surface area contributed by atoms with Crippen molar-refractivity contribution in [2.75, 3.05) is 30.5 Å². The van der Waals surface area contributed by atoms with Gasteiger partial charge in [-0.15, -0.1) is 0 Å². The van der Waals surface area contributed by atoms with Crippen LogP contribution in [0.1, 0.15) is 105 Å². The number of anilines is 2. The maximum Gasteiger partial charge on any atom is 0.519 e. The molecule has 0 aromatic heterocycles. The first-order valence-corrected chi connectivity index (χ1v) is 35.2. The Kier molecular flexibility index (Phi) is 28.3. The van der Waals surface area contributed by atoms with Gasteiger partial charge in [0.15, 0.2) is 11.6 Å². The first-order valence-electron chi connectivity index (χ1n) is 35.2. The van der Waals surface area contributed by atoms with Crippen molar-refractivity contribution < 1.29 is 77.1 Å². The number of hydrogen-bond donors (Lipinski definition) is 5. The van der Waals surface area contributed by atoms with Crippen LogP contribution >= 0.6 is 0 Å². The van der Waals surface area contributed by atoms with Crippen molar-refractivity contribution >= 4 is 70.2 Å². The van der Waals surface area contributed by atoms with E-state index in [0.717, 1.165) is 61.2 Å². The molecule has 4 amide bonds. The average Bonchev–Trinajstić information content (AvgIpc) is 1.62. The Morgan fingerprint density at radius 2 is 0.743 bits per heavy atom. The molecule has 0 spiro atoms. The van der Waals surface area contributed by atoms with E-state index in [2.05, 4.69) is 57.7 Å². The highest BCUT2D eigenvalue weighted by atomic mass is 16.7. The first kappa shape index (κ1) is 80.3. The minimum absolute atomic E-state index is 0.0208. The van der Waals surface area contributed by atoms with Crippen LogP contribution in [0.3, 0.4) is 0 Å². The lowest BCUT2D eigenvalue weighted by atomic mass is 9.93. The highest BCUT2D eigenvalue weighted by Gasteiger charge is 2.34. The fourth-order valence-corrected chi connectivity index (χ4v) is 12.4. The summed E-state index contributed by atoms with van der Waals surface area (Å²) in [6.45, 7) is 11.8. The summed E-state index contributed by atoms with van der Waals surface area (Å²) in [5.41, 5.74) is 12.5. The van der Waals surface area contributed by atoms with Gasteiger partial charge < -0.3 is 50.1 Å². The van der Waals surface area contributed by atoms with E-state index in [9.17, 15) is 63.9 Å². The smallest absolute Gasteiger partial charge is 0.449 e. The number of amides is 4. The molecule has 5 N–H and O–H groups in total. The molecule has 4 atom stereocenters. The predicted molar refractivity (Wildman–Crippen MR) is 407 cm³/mol. The molecular formula is C83H83N7O19. The van der Waals surface area contributed by atoms with Gasteiger partial charge in [-0.3, -0.25) is 49.5 Å². The molecule has 0 saturated carbocycles. The van der Waals surface area contributed by atoms with Crippen molar-refractivity contribution in [2.24, 2.45) is 23.7 Å². The van der Waals surface area contributed by atoms with E-state index < -0.39 is 57.0 Å². The molecule has 109 heavy (non-hydrogen) atoms. The quantitative estimate of drug-likeness (QED) is 0.00955. The zero-order valence-corrected chi connectivity index (χ0v) is 60.7. The number of benzene rings is 9. The van der Waals surface area contributed by atoms with Gasteiger partial charge in [-0.05, 0) is 128 Å². The fraction of sp³-hybridized carbons (Fsp3) is 0.265. The fourth-order valence-electron chi connectivity index (χ4n) is 12.4. The van der Waals surface area contributed by atoms with Crippen LogP contribution in [0, 0.1) is 54.0 Å². The van der Waals surface area contributed by atoms with Gasteiger partial charge in [0.1, 0.15) is 24.7 Å². The minimum Gasteiger partial charge on any atom is -0.449 e. The first-order chi connectivity index (χ1) is 52.3. The summed E-state index contributed by atoms with van der Waals surface area (Å²) in [6, 6.07) is 61.0. The number of hydrogen-bond acceptors (Lipinski definition) is 19. The summed E-state index contributed by atoms with van der Waals surface area (Å²) < 4.78 is 26.7. The van der Waals surface area contributed by atoms with Gasteiger partial charge >= 0.3 is 18.3 Å². The number of alkyl carbamates (subject to hydrolysis) is 2. The number of aliphatic hydroxyl groups excluding tert-OH is 1. The normalized spacial score (nSPS) is 12.7. The molecule has 0 bridgehead atoms. The number of rotatable bonds is 29. The second kappa shape index (κ2) is 38.5. The van der Waals surface area contributed by atoms with Crippen LogP contribution in [0.25, 0.3) is 22.3 Å². The van der Waals surface area contributed by atoms with Crippen LogP contribution in [0.5, 0.6) is 11.5 Å². The molecule has 9 aromatic carbocycles. The Hall–Kier alpha value is -12.8. The van der Waals surface area contributed by atoms with E-state index in [1.807, 2.05) is 100 Å². The van der Waals surface area contributed by atoms with Crippen LogP contribution in [0.15, 0.2) is 218 Å². The van der Waals surface area contributed by atoms with E-state index in [1.165, 1.54) is 60.7 Å². The maximum absolute atomic E-state index is 13.3. The Labute approximate surface area is 628 Å². The SMILES string of the molecule is CC(C)[C@H](NC(=O)OCC1c2ccccc2-c2ccccc21)C(=O)C[C@@H](C)C(=O)Nc1ccc(CO)cc1.CC(C)[C@H](NC(=O)OCC1c2ccccc2-c2ccccc21)C(=O)C[C@@H](C)C(=O)Nc1ccc(COCCc2ccc([N+](=O)[O-])cc2)cc1.O=C(Oc1ccc([N+](=O)[O-])cc1)Oc1ccc([N+](=O)[O-])cc1. The molecule has 11 rings (SSSR count). The topological polar surface area (TPSA) is 363 Å². The summed E-state index contributed by atoms with van der Waals surface area (Å²) in [6.07, 6.45) is -1.82. The van der Waals surface area contributed by atoms with Gasteiger partial charge in [-0.1, -0.05) is 175 Å². The number of Topliss-reactive ketones (excluding diaryl/α,β-unsaturated/α-hetero) is 2. The number of aliphatic hydroxyl groups is 1. The molecule has 0 fully saturated rings. The molecule has 0 saturated heterocycles. The summed E-state index contributed by atoms with van der Waals surface area (Å²) in [5.74, 6) is -2.69. The second-order valence-electron chi connectivity index (χ2n) is 26.7. The second-order valence-corrected chi connectivity index (χ2v) is 26.7. The van der Waals surface area contributed by atoms with Gasteiger partial charge in [0.05, 0.1) is 46.7 Å². The van der Waals surface area contributed by atoms with E-state index in [4.69, 9.17) is 28.8 Å². The molecule has 26 nitrogen and oxygen atoms in total. The molecule has 9 aromatic rings. The van der Waals surface area contributed by atoms with Gasteiger partial charge in [0, 0.05) is 84.3 Å². The Morgan fingerprint density at radius 1 is 0.422 bits per heavy atom. The third-order valence-corrected chi connectivity index (χ3v) is 18.2. The number of nitrogens with zero attached hydrogens (tertiary/aromatic N) is 3. The number of nitro groups is 3. The molecule has 0 aliphatic heterocycles. The number of carbonyl (C=O) groups excluding carboxylic acids is 7. The average molecular weight is 1480 g/mol. The number of fused-ring (bicyclic) bond motifs is 6. The molecule has 2 aliphatic carbocycles. The van der Waals surface area contributed by atoms with Gasteiger partial charge in [-0.25, -0.2) is 14.4 Å². The number of ketones is 2. The molecule has 0 radical (unpaired) electrons. The predicted octanol–water partition coefficient (Wildman–Crippen LogP) is 15.8. The van der Waals surface area contributed by atoms with Crippen molar-refractivity contribution in [3.05, 3.63) is 288 Å². The number of non-ortho nitro benzene ring substituents is 3. The summed E-state index contributed by atoms with van der Waals surface area (Å²) in [4.78, 5) is 119. The van der Waals surface area contributed by atoms with Crippen LogP contribution in [-0.4, -0.2) is 93.5 Å². The molecule has 564 valence electrons. The van der Waals surface area contributed by atoms with Gasteiger partial charge in [0.2, 0.25) is 11.8 Å². The lowest BCUT2D eigenvalue weighted by Gasteiger charge is -2.23. The van der Waals surface area contributed by atoms with Crippen LogP contribution in [0.4, 0.5) is 42.8 Å². The van der Waals surface area contributed by atoms with Gasteiger partial charge in [0.25, 0.3) is 17.1 Å². The molecular weight excluding hydrogens is 1400 g/mol. The summed E-state index contributed by atoms with van der Waals surface area (Å²) in [7, 11) is 0. The van der Waals surface area contributed by atoms with Crippen LogP contribution in [-0.2, 0) is 53.0 Å². The minimum atomic E-state index is -1.07. The molecule has 26 heteroatoms. The van der Waals surface area contributed by atoms with Crippen molar-refractivity contribution in [3.63, 3.8) is 0 Å². The standard InChI is InChI=1S/C39H41N3O7.C31H34N2O5.C13H8N2O7/c1-25(2)37(41-39(45)49-24-35-33-10-6-4-8-31(33)32-9-5-7-11-34(32)35)36(43)22-26(3)38(44)40-29-16-12-28(13-17-29)23-48-21-20-27-14-18-30(19-15-27)42(46)47;1-19(2)29(28(35)16-20(3)30(36)32-22-14-12-21(17-34)13-15-22)33-31(37)38-18-27-25-10-6-4-8-23(25)24-9-5-7-11-26(24)27;16-13(21-11-5-1-9(2-6-11)14(17)18)22-12-7-3-10(4-8-12)15(19)20/h4-19,25-26,35,37H,20-24H2,1-3H3,(H,40,44)(H,41,45);4-15,19-20,27,29,34H,16-18H2,1-3H3,(H,32,36)(H,33,37);1-8H/t26-,37+;20-,29+;/m11./s1. The molecule has 0 heterocycles. The van der Waals surface area contributed by atoms with E-state index in [-0.39, 0.29) is 108 Å². The number of carbonyl (C=O) groups is 7. The van der Waals surface area contributed by atoms with Crippen molar-refractivity contribution in [3.8, 4) is 33.8 Å². The van der Waals surface area contributed by atoms with Crippen molar-refractivity contribution in [2.45, 2.75) is 97.9 Å². The zero-order chi connectivity index (χ0) is 78.3. The monoisotopic (exact) mass is 1480 g/mol. The molecule has 0 unspecified atom stereocenters. The Morgan fingerprint density at radius 3 is 1.07 bits per heavy atom. The van der Waals surface area contributed by atoms with Crippen molar-refractivity contribution in [1.29, 1.82) is 0 Å². The van der Waals surface area contributed by atoms with Crippen LogP contribution < -0.4 is 30.7 Å². The lowest BCUT2D eigenvalue weighted by molar-refractivity contribution is -0.385. The lowest BCUT2D eigenvalue weighted by Crippen LogP contribution is -2.45. The molecule has 2 aliphatic rings. The van der Waals surface area contributed by atoms with Gasteiger partial charge in [-0.2, -0.15) is 0 Å². The number of nitrogens with one attached hydrogen (secondary N) is 4. The third-order valence-electron chi connectivity index (χ3n) is 18.2. The number of ether oxygens (including phenoxy) is 5. The number of nitro benzene ring substituents is 3. The van der Waals surface area contributed by atoms with E-state index in [1.54, 1.807) is 62.4 Å². The summed E-state index contributed by atoms with van der Waals surface area (Å²) in [5, 5.41) is 52.0. The third kappa shape index (κ3) is 22.4. The Balaban J connectivity index is 0.000000202.